The molecule has 30 heavy (non-hydrogen) atoms. The first-order chi connectivity index (χ1) is 14.5. The summed E-state index contributed by atoms with van der Waals surface area (Å²) in [6.45, 7) is -0.417. The molecule has 0 aliphatic heterocycles. The molecule has 7 heteroatoms. The van der Waals surface area contributed by atoms with Gasteiger partial charge >= 0.3 is 5.97 Å². The van der Waals surface area contributed by atoms with Crippen LogP contribution in [0, 0.1) is 0 Å². The number of amides is 2. The number of ether oxygens (including phenoxy) is 1. The molecule has 1 saturated carbocycles. The van der Waals surface area contributed by atoms with Crippen LogP contribution in [0.25, 0.3) is 0 Å². The van der Waals surface area contributed by atoms with E-state index in [4.69, 9.17) is 16.3 Å². The highest BCUT2D eigenvalue weighted by molar-refractivity contribution is 6.31. The van der Waals surface area contributed by atoms with E-state index in [1.54, 1.807) is 30.3 Å². The largest absolute Gasteiger partial charge is 0.456 e. The SMILES string of the molecule is O=C(COC(=O)CCc1ccccc1Cl)Nc1ccccc1C(=O)NC1CCCC1. The van der Waals surface area contributed by atoms with E-state index in [0.717, 1.165) is 31.2 Å². The maximum atomic E-state index is 12.6. The van der Waals surface area contributed by atoms with Crippen molar-refractivity contribution in [2.45, 2.75) is 44.6 Å². The normalized spacial score (nSPS) is 13.6. The Hall–Kier alpha value is -2.86. The molecular weight excluding hydrogens is 404 g/mol. The number of carbonyl (C=O) groups excluding carboxylic acids is 3. The molecule has 0 unspecified atom stereocenters. The van der Waals surface area contributed by atoms with Gasteiger partial charge in [-0.3, -0.25) is 14.4 Å². The Bertz CT molecular complexity index is 910. The Kier molecular flexibility index (Phi) is 7.85. The van der Waals surface area contributed by atoms with Crippen LogP contribution < -0.4 is 10.6 Å². The number of halogens is 1. The van der Waals surface area contributed by atoms with Gasteiger partial charge < -0.3 is 15.4 Å². The first kappa shape index (κ1) is 21.8. The topological polar surface area (TPSA) is 84.5 Å². The first-order valence-corrected chi connectivity index (χ1v) is 10.5. The van der Waals surface area contributed by atoms with E-state index in [1.165, 1.54) is 0 Å². The lowest BCUT2D eigenvalue weighted by Gasteiger charge is -2.15. The molecule has 0 radical (unpaired) electrons. The molecule has 2 N–H and O–H groups in total. The van der Waals surface area contributed by atoms with E-state index in [9.17, 15) is 14.4 Å². The van der Waals surface area contributed by atoms with Crippen LogP contribution in [0.15, 0.2) is 48.5 Å². The third-order valence-corrected chi connectivity index (χ3v) is 5.43. The second-order valence-corrected chi connectivity index (χ2v) is 7.71. The van der Waals surface area contributed by atoms with Crippen molar-refractivity contribution in [2.24, 2.45) is 0 Å². The predicted molar refractivity (Wildman–Crippen MR) is 116 cm³/mol. The predicted octanol–water partition coefficient (Wildman–Crippen LogP) is 4.13. The number of nitrogens with one attached hydrogen (secondary N) is 2. The summed E-state index contributed by atoms with van der Waals surface area (Å²) in [5.74, 6) is -1.20. The van der Waals surface area contributed by atoms with Crippen molar-refractivity contribution < 1.29 is 19.1 Å². The third kappa shape index (κ3) is 6.32. The summed E-state index contributed by atoms with van der Waals surface area (Å²) in [4.78, 5) is 36.7. The van der Waals surface area contributed by atoms with E-state index >= 15 is 0 Å². The van der Waals surface area contributed by atoms with Gasteiger partial charge in [0.15, 0.2) is 6.61 Å². The van der Waals surface area contributed by atoms with Gasteiger partial charge in [0.2, 0.25) is 0 Å². The van der Waals surface area contributed by atoms with Crippen molar-refractivity contribution in [2.75, 3.05) is 11.9 Å². The van der Waals surface area contributed by atoms with Gasteiger partial charge in [-0.1, -0.05) is 54.8 Å². The summed E-state index contributed by atoms with van der Waals surface area (Å²) < 4.78 is 5.05. The highest BCUT2D eigenvalue weighted by atomic mass is 35.5. The number of benzene rings is 2. The van der Waals surface area contributed by atoms with Crippen LogP contribution in [0.2, 0.25) is 5.02 Å². The summed E-state index contributed by atoms with van der Waals surface area (Å²) in [6, 6.07) is 14.2. The molecule has 2 aromatic rings. The molecule has 0 bridgehead atoms. The Morgan fingerprint density at radius 2 is 1.70 bits per heavy atom. The molecule has 0 atom stereocenters. The Morgan fingerprint density at radius 3 is 2.47 bits per heavy atom. The fourth-order valence-electron chi connectivity index (χ4n) is 3.47. The van der Waals surface area contributed by atoms with Crippen molar-refractivity contribution >= 4 is 35.1 Å². The number of hydrogen-bond donors (Lipinski definition) is 2. The van der Waals surface area contributed by atoms with Gasteiger partial charge in [0.1, 0.15) is 0 Å². The van der Waals surface area contributed by atoms with Crippen molar-refractivity contribution in [1.82, 2.24) is 5.32 Å². The number of carbonyl (C=O) groups is 3. The van der Waals surface area contributed by atoms with Crippen LogP contribution in [-0.2, 0) is 20.7 Å². The Balaban J connectivity index is 1.48. The minimum atomic E-state index is -0.498. The van der Waals surface area contributed by atoms with Crippen molar-refractivity contribution in [3.05, 3.63) is 64.7 Å². The zero-order valence-corrected chi connectivity index (χ0v) is 17.4. The maximum Gasteiger partial charge on any atom is 0.306 e. The van der Waals surface area contributed by atoms with Gasteiger partial charge in [0.05, 0.1) is 11.3 Å². The van der Waals surface area contributed by atoms with E-state index in [1.807, 2.05) is 18.2 Å². The van der Waals surface area contributed by atoms with Crippen molar-refractivity contribution in [3.63, 3.8) is 0 Å². The van der Waals surface area contributed by atoms with Crippen LogP contribution in [0.3, 0.4) is 0 Å². The zero-order valence-electron chi connectivity index (χ0n) is 16.7. The fourth-order valence-corrected chi connectivity index (χ4v) is 3.70. The molecule has 158 valence electrons. The number of rotatable bonds is 8. The van der Waals surface area contributed by atoms with E-state index in [0.29, 0.717) is 22.7 Å². The molecule has 6 nitrogen and oxygen atoms in total. The van der Waals surface area contributed by atoms with Crippen LogP contribution in [0.1, 0.15) is 48.0 Å². The van der Waals surface area contributed by atoms with Crippen LogP contribution in [0.5, 0.6) is 0 Å². The fraction of sp³-hybridized carbons (Fsp3) is 0.348. The molecular formula is C23H25ClN2O4. The van der Waals surface area contributed by atoms with E-state index < -0.39 is 18.5 Å². The lowest BCUT2D eigenvalue weighted by molar-refractivity contribution is -0.147. The summed E-state index contributed by atoms with van der Waals surface area (Å²) in [6.07, 6.45) is 4.74. The Morgan fingerprint density at radius 1 is 1.00 bits per heavy atom. The quantitative estimate of drug-likeness (QED) is 0.619. The molecule has 0 spiro atoms. The number of para-hydroxylation sites is 1. The van der Waals surface area contributed by atoms with Gasteiger partial charge in [-0.15, -0.1) is 0 Å². The Labute approximate surface area is 180 Å². The zero-order chi connectivity index (χ0) is 21.3. The molecule has 1 aliphatic rings. The van der Waals surface area contributed by atoms with Crippen molar-refractivity contribution in [1.29, 1.82) is 0 Å². The maximum absolute atomic E-state index is 12.6. The monoisotopic (exact) mass is 428 g/mol. The number of hydrogen-bond acceptors (Lipinski definition) is 4. The van der Waals surface area contributed by atoms with Crippen LogP contribution in [-0.4, -0.2) is 30.4 Å². The molecule has 1 aliphatic carbocycles. The van der Waals surface area contributed by atoms with Gasteiger partial charge in [-0.05, 0) is 43.0 Å². The molecule has 3 rings (SSSR count). The average Bonchev–Trinajstić information content (AvgIpc) is 3.25. The smallest absolute Gasteiger partial charge is 0.306 e. The van der Waals surface area contributed by atoms with Gasteiger partial charge in [-0.2, -0.15) is 0 Å². The van der Waals surface area contributed by atoms with Gasteiger partial charge in [0.25, 0.3) is 11.8 Å². The molecule has 0 aromatic heterocycles. The highest BCUT2D eigenvalue weighted by Gasteiger charge is 2.20. The van der Waals surface area contributed by atoms with Crippen molar-refractivity contribution in [3.8, 4) is 0 Å². The standard InChI is InChI=1S/C23H25ClN2O4/c24-19-11-5-1-7-16(19)13-14-22(28)30-15-21(27)26-20-12-6-4-10-18(20)23(29)25-17-8-2-3-9-17/h1,4-7,10-12,17H,2-3,8-9,13-15H2,(H,25,29)(H,26,27). The number of aryl methyl sites for hydroxylation is 1. The number of anilines is 1. The summed E-state index contributed by atoms with van der Waals surface area (Å²) in [7, 11) is 0. The van der Waals surface area contributed by atoms with E-state index in [2.05, 4.69) is 10.6 Å². The van der Waals surface area contributed by atoms with Crippen LogP contribution in [0.4, 0.5) is 5.69 Å². The molecule has 1 fully saturated rings. The molecule has 0 saturated heterocycles. The lowest BCUT2D eigenvalue weighted by atomic mass is 10.1. The highest BCUT2D eigenvalue weighted by Crippen LogP contribution is 2.20. The molecule has 0 heterocycles. The van der Waals surface area contributed by atoms with Crippen LogP contribution >= 0.6 is 11.6 Å². The van der Waals surface area contributed by atoms with Gasteiger partial charge in [0, 0.05) is 17.5 Å². The molecule has 2 aromatic carbocycles. The first-order valence-electron chi connectivity index (χ1n) is 10.1. The summed E-state index contributed by atoms with van der Waals surface area (Å²) >= 11 is 6.07. The lowest BCUT2D eigenvalue weighted by Crippen LogP contribution is -2.33. The second kappa shape index (κ2) is 10.8. The number of esters is 1. The van der Waals surface area contributed by atoms with E-state index in [-0.39, 0.29) is 18.4 Å². The summed E-state index contributed by atoms with van der Waals surface area (Å²) in [5, 5.41) is 6.26. The minimum Gasteiger partial charge on any atom is -0.456 e. The summed E-state index contributed by atoms with van der Waals surface area (Å²) in [5.41, 5.74) is 1.63. The average molecular weight is 429 g/mol. The van der Waals surface area contributed by atoms with Gasteiger partial charge in [-0.25, -0.2) is 0 Å². The second-order valence-electron chi connectivity index (χ2n) is 7.30. The minimum absolute atomic E-state index is 0.122. The molecule has 2 amide bonds. The third-order valence-electron chi connectivity index (χ3n) is 5.06.